The van der Waals surface area contributed by atoms with Crippen LogP contribution in [-0.4, -0.2) is 10.9 Å². The molecule has 1 aromatic carbocycles. The van der Waals surface area contributed by atoms with Gasteiger partial charge in [-0.3, -0.25) is 4.79 Å². The lowest BCUT2D eigenvalue weighted by Crippen LogP contribution is -2.32. The van der Waals surface area contributed by atoms with Crippen molar-refractivity contribution in [1.29, 1.82) is 5.26 Å². The maximum Gasteiger partial charge on any atom is 0.246 e. The van der Waals surface area contributed by atoms with Crippen molar-refractivity contribution in [2.24, 2.45) is 5.41 Å². The summed E-state index contributed by atoms with van der Waals surface area (Å²) in [5, 5.41) is 12.6. The Kier molecular flexibility index (Phi) is 4.14. The molecule has 3 rings (SSSR count). The third-order valence-corrected chi connectivity index (χ3v) is 5.13. The average Bonchev–Trinajstić information content (AvgIpc) is 3.16. The highest BCUT2D eigenvalue weighted by Crippen LogP contribution is 2.39. The Morgan fingerprint density at radius 2 is 2.00 bits per heavy atom. The highest BCUT2D eigenvalue weighted by molar-refractivity contribution is 7.16. The van der Waals surface area contributed by atoms with Gasteiger partial charge in [-0.15, -0.1) is 11.3 Å². The van der Waals surface area contributed by atoms with Crippen molar-refractivity contribution in [3.63, 3.8) is 0 Å². The number of carbonyl (C=O) groups is 1. The Morgan fingerprint density at radius 3 is 2.61 bits per heavy atom. The molecule has 0 bridgehead atoms. The smallest absolute Gasteiger partial charge is 0.246 e. The summed E-state index contributed by atoms with van der Waals surface area (Å²) in [6.07, 6.45) is 3.01. The first-order valence-corrected chi connectivity index (χ1v) is 8.32. The van der Waals surface area contributed by atoms with E-state index in [0.717, 1.165) is 29.0 Å². The number of nitrogens with zero attached hydrogens (tertiary/aromatic N) is 2. The summed E-state index contributed by atoms with van der Waals surface area (Å²) >= 11 is 1.36. The van der Waals surface area contributed by atoms with E-state index >= 15 is 0 Å². The lowest BCUT2D eigenvalue weighted by atomic mass is 9.87. The predicted octanol–water partition coefficient (Wildman–Crippen LogP) is 4.28. The topological polar surface area (TPSA) is 65.8 Å². The van der Waals surface area contributed by atoms with Gasteiger partial charge >= 0.3 is 0 Å². The zero-order valence-corrected chi connectivity index (χ0v) is 13.5. The molecule has 0 saturated heterocycles. The highest BCUT2D eigenvalue weighted by Gasteiger charge is 2.41. The van der Waals surface area contributed by atoms with Crippen LogP contribution in [0.3, 0.4) is 0 Å². The number of carbonyl (C=O) groups excluding carboxylic acids is 1. The zero-order valence-electron chi connectivity index (χ0n) is 12.7. The third-order valence-electron chi connectivity index (χ3n) is 4.24. The van der Waals surface area contributed by atoms with E-state index in [2.05, 4.69) is 16.4 Å². The van der Waals surface area contributed by atoms with Crippen molar-refractivity contribution in [1.82, 2.24) is 4.98 Å². The van der Waals surface area contributed by atoms with Crippen LogP contribution in [0.1, 0.15) is 30.6 Å². The molecule has 118 valence electrons. The van der Waals surface area contributed by atoms with Gasteiger partial charge < -0.3 is 5.32 Å². The summed E-state index contributed by atoms with van der Waals surface area (Å²) in [6, 6.07) is 8.28. The quantitative estimate of drug-likeness (QED) is 0.914. The first-order valence-electron chi connectivity index (χ1n) is 7.50. The number of halogens is 1. The van der Waals surface area contributed by atoms with Crippen LogP contribution in [0.25, 0.3) is 11.3 Å². The van der Waals surface area contributed by atoms with Gasteiger partial charge in [0.2, 0.25) is 5.91 Å². The summed E-state index contributed by atoms with van der Waals surface area (Å²) in [7, 11) is 0. The number of aromatic nitrogens is 1. The molecule has 1 aliphatic carbocycles. The molecule has 1 amide bonds. The first kappa shape index (κ1) is 15.6. The molecule has 1 N–H and O–H groups in total. The summed E-state index contributed by atoms with van der Waals surface area (Å²) in [4.78, 5) is 17.8. The summed E-state index contributed by atoms with van der Waals surface area (Å²) < 4.78 is 13.0. The highest BCUT2D eigenvalue weighted by atomic mass is 32.1. The van der Waals surface area contributed by atoms with E-state index in [1.54, 1.807) is 12.1 Å². The van der Waals surface area contributed by atoms with Gasteiger partial charge in [-0.05, 0) is 44.0 Å². The Morgan fingerprint density at radius 1 is 1.35 bits per heavy atom. The molecule has 2 aromatic rings. The predicted molar refractivity (Wildman–Crippen MR) is 87.4 cm³/mol. The molecule has 0 spiro atoms. The molecule has 0 radical (unpaired) electrons. The summed E-state index contributed by atoms with van der Waals surface area (Å²) in [5.41, 5.74) is 0.606. The normalized spacial score (nSPS) is 16.0. The molecule has 0 aliphatic heterocycles. The monoisotopic (exact) mass is 329 g/mol. The van der Waals surface area contributed by atoms with E-state index in [4.69, 9.17) is 0 Å². The van der Waals surface area contributed by atoms with Crippen LogP contribution in [0.4, 0.5) is 9.52 Å². The van der Waals surface area contributed by atoms with Crippen molar-refractivity contribution in [2.45, 2.75) is 32.6 Å². The number of anilines is 1. The Bertz CT molecular complexity index is 770. The van der Waals surface area contributed by atoms with Crippen LogP contribution < -0.4 is 5.32 Å². The molecule has 0 unspecified atom stereocenters. The third kappa shape index (κ3) is 2.97. The molecule has 1 heterocycles. The zero-order chi connectivity index (χ0) is 16.4. The molecule has 23 heavy (non-hydrogen) atoms. The van der Waals surface area contributed by atoms with E-state index in [-0.39, 0.29) is 11.7 Å². The Labute approximate surface area is 138 Å². The van der Waals surface area contributed by atoms with Crippen LogP contribution in [0.2, 0.25) is 0 Å². The van der Waals surface area contributed by atoms with E-state index in [9.17, 15) is 14.4 Å². The number of thiazole rings is 1. The van der Waals surface area contributed by atoms with Gasteiger partial charge in [-0.1, -0.05) is 12.8 Å². The molecule has 1 saturated carbocycles. The maximum absolute atomic E-state index is 13.0. The van der Waals surface area contributed by atoms with E-state index in [0.29, 0.717) is 18.0 Å². The fourth-order valence-electron chi connectivity index (χ4n) is 2.91. The van der Waals surface area contributed by atoms with Gasteiger partial charge in [0, 0.05) is 10.4 Å². The first-order chi connectivity index (χ1) is 11.0. The number of nitrogens with one attached hydrogen (secondary N) is 1. The fraction of sp³-hybridized carbons (Fsp3) is 0.353. The second-order valence-corrected chi connectivity index (χ2v) is 6.99. The SMILES string of the molecule is Cc1sc(NC(=O)C2(C#N)CCCC2)nc1-c1ccc(F)cc1. The van der Waals surface area contributed by atoms with Crippen molar-refractivity contribution in [3.05, 3.63) is 35.0 Å². The van der Waals surface area contributed by atoms with Gasteiger partial charge in [0.15, 0.2) is 5.13 Å². The minimum absolute atomic E-state index is 0.267. The molecule has 6 heteroatoms. The lowest BCUT2D eigenvalue weighted by molar-refractivity contribution is -0.122. The fourth-order valence-corrected chi connectivity index (χ4v) is 3.74. The van der Waals surface area contributed by atoms with Crippen molar-refractivity contribution >= 4 is 22.4 Å². The number of amides is 1. The molecular weight excluding hydrogens is 313 g/mol. The Balaban J connectivity index is 1.82. The van der Waals surface area contributed by atoms with Gasteiger partial charge in [0.1, 0.15) is 11.2 Å². The molecular formula is C17H16FN3OS. The van der Waals surface area contributed by atoms with Gasteiger partial charge in [0.25, 0.3) is 0 Å². The van der Waals surface area contributed by atoms with Crippen LogP contribution in [0.15, 0.2) is 24.3 Å². The van der Waals surface area contributed by atoms with Crippen molar-refractivity contribution < 1.29 is 9.18 Å². The molecule has 0 atom stereocenters. The summed E-state index contributed by atoms with van der Waals surface area (Å²) in [6.45, 7) is 1.90. The van der Waals surface area contributed by atoms with Crippen LogP contribution >= 0.6 is 11.3 Å². The molecule has 1 fully saturated rings. The Hall–Kier alpha value is -2.26. The number of aryl methyl sites for hydroxylation is 1. The minimum Gasteiger partial charge on any atom is -0.301 e. The second-order valence-electron chi connectivity index (χ2n) is 5.79. The second kappa shape index (κ2) is 6.09. The van der Waals surface area contributed by atoms with Gasteiger partial charge in [0.05, 0.1) is 11.8 Å². The summed E-state index contributed by atoms with van der Waals surface area (Å²) in [5.74, 6) is -0.565. The van der Waals surface area contributed by atoms with E-state index in [1.807, 2.05) is 6.92 Å². The number of hydrogen-bond donors (Lipinski definition) is 1. The number of nitriles is 1. The maximum atomic E-state index is 13.0. The lowest BCUT2D eigenvalue weighted by Gasteiger charge is -2.17. The number of rotatable bonds is 3. The minimum atomic E-state index is -0.921. The van der Waals surface area contributed by atoms with E-state index < -0.39 is 5.41 Å². The van der Waals surface area contributed by atoms with Crippen molar-refractivity contribution in [2.75, 3.05) is 5.32 Å². The molecule has 4 nitrogen and oxygen atoms in total. The van der Waals surface area contributed by atoms with Gasteiger partial charge in [-0.25, -0.2) is 9.37 Å². The van der Waals surface area contributed by atoms with E-state index in [1.165, 1.54) is 23.5 Å². The molecule has 1 aromatic heterocycles. The van der Waals surface area contributed by atoms with Crippen molar-refractivity contribution in [3.8, 4) is 17.3 Å². The largest absolute Gasteiger partial charge is 0.301 e. The number of hydrogen-bond acceptors (Lipinski definition) is 4. The molecule has 1 aliphatic rings. The average molecular weight is 329 g/mol. The van der Waals surface area contributed by atoms with Crippen LogP contribution in [-0.2, 0) is 4.79 Å². The van der Waals surface area contributed by atoms with Crippen LogP contribution in [0, 0.1) is 29.5 Å². The van der Waals surface area contributed by atoms with Gasteiger partial charge in [-0.2, -0.15) is 5.26 Å². The number of benzene rings is 1. The standard InChI is InChI=1S/C17H16FN3OS/c1-11-14(12-4-6-13(18)7-5-12)20-16(23-11)21-15(22)17(10-19)8-2-3-9-17/h4-7H,2-3,8-9H2,1H3,(H,20,21,22). The van der Waals surface area contributed by atoms with Crippen LogP contribution in [0.5, 0.6) is 0 Å².